The molecule has 0 radical (unpaired) electrons. The molecule has 6 heteroatoms. The average Bonchev–Trinajstić information content (AvgIpc) is 2.08. The van der Waals surface area contributed by atoms with Gasteiger partial charge in [0.05, 0.1) is 5.02 Å². The van der Waals surface area contributed by atoms with Crippen LogP contribution in [0.2, 0.25) is 5.02 Å². The largest absolute Gasteiger partial charge is 0.489 e. The third-order valence-electron chi connectivity index (χ3n) is 1.53. The third kappa shape index (κ3) is 2.31. The number of rotatable bonds is 2. The van der Waals surface area contributed by atoms with Gasteiger partial charge in [-0.1, -0.05) is 11.6 Å². The molecule has 0 bridgehead atoms. The first kappa shape index (κ1) is 10.7. The van der Waals surface area contributed by atoms with Crippen molar-refractivity contribution in [3.63, 3.8) is 0 Å². The van der Waals surface area contributed by atoms with Crippen molar-refractivity contribution in [2.45, 2.75) is 0 Å². The van der Waals surface area contributed by atoms with Gasteiger partial charge in [0.2, 0.25) is 0 Å². The van der Waals surface area contributed by atoms with Crippen LogP contribution >= 0.6 is 27.5 Å². The molecule has 0 saturated carbocycles. The van der Waals surface area contributed by atoms with Crippen molar-refractivity contribution in [3.05, 3.63) is 27.2 Å². The quantitative estimate of drug-likeness (QED) is 0.606. The summed E-state index contributed by atoms with van der Waals surface area (Å²) >= 11 is 8.81. The highest BCUT2D eigenvalue weighted by Gasteiger charge is 2.17. The van der Waals surface area contributed by atoms with Crippen LogP contribution in [0.5, 0.6) is 0 Å². The maximum Gasteiger partial charge on any atom is 0.489 e. The molecule has 0 aliphatic rings. The van der Waals surface area contributed by atoms with Crippen molar-refractivity contribution in [3.8, 4) is 0 Å². The lowest BCUT2D eigenvalue weighted by Crippen LogP contribution is -2.33. The fourth-order valence-corrected chi connectivity index (χ4v) is 1.44. The van der Waals surface area contributed by atoms with Crippen molar-refractivity contribution in [1.29, 1.82) is 0 Å². The zero-order valence-corrected chi connectivity index (χ0v) is 8.71. The minimum atomic E-state index is -1.67. The van der Waals surface area contributed by atoms with E-state index < -0.39 is 7.12 Å². The van der Waals surface area contributed by atoms with Crippen LogP contribution < -0.4 is 5.46 Å². The zero-order chi connectivity index (χ0) is 10.0. The molecule has 0 saturated heterocycles. The van der Waals surface area contributed by atoms with E-state index in [1.165, 1.54) is 12.1 Å². The number of halogens is 2. The molecule has 0 aromatic heterocycles. The second kappa shape index (κ2) is 4.24. The number of carbonyl (C=O) groups excluding carboxylic acids is 1. The fourth-order valence-electron chi connectivity index (χ4n) is 0.903. The molecule has 68 valence electrons. The lowest BCUT2D eigenvalue weighted by Gasteiger charge is -2.05. The summed E-state index contributed by atoms with van der Waals surface area (Å²) < 4.78 is 0.517. The van der Waals surface area contributed by atoms with Gasteiger partial charge in [-0.3, -0.25) is 4.79 Å². The second-order valence-electron chi connectivity index (χ2n) is 2.39. The summed E-state index contributed by atoms with van der Waals surface area (Å²) in [5.74, 6) is 0. The number of hydrogen-bond acceptors (Lipinski definition) is 3. The van der Waals surface area contributed by atoms with Gasteiger partial charge in [0.25, 0.3) is 0 Å². The van der Waals surface area contributed by atoms with E-state index in [1.807, 2.05) is 0 Å². The molecule has 0 amide bonds. The van der Waals surface area contributed by atoms with Crippen LogP contribution in [0.3, 0.4) is 0 Å². The molecule has 13 heavy (non-hydrogen) atoms. The van der Waals surface area contributed by atoms with Gasteiger partial charge in [0.15, 0.2) is 0 Å². The fraction of sp³-hybridized carbons (Fsp3) is 0. The molecule has 1 aromatic rings. The van der Waals surface area contributed by atoms with E-state index in [9.17, 15) is 4.79 Å². The van der Waals surface area contributed by atoms with Gasteiger partial charge in [0.1, 0.15) is 6.29 Å². The summed E-state index contributed by atoms with van der Waals surface area (Å²) in [6.45, 7) is 0. The summed E-state index contributed by atoms with van der Waals surface area (Å²) in [5, 5.41) is 18.1. The van der Waals surface area contributed by atoms with E-state index in [2.05, 4.69) is 15.9 Å². The Labute approximate surface area is 88.6 Å². The zero-order valence-electron chi connectivity index (χ0n) is 6.37. The molecule has 0 aliphatic carbocycles. The van der Waals surface area contributed by atoms with Gasteiger partial charge in [-0.25, -0.2) is 0 Å². The van der Waals surface area contributed by atoms with E-state index in [4.69, 9.17) is 21.6 Å². The highest BCUT2D eigenvalue weighted by molar-refractivity contribution is 9.10. The third-order valence-corrected chi connectivity index (χ3v) is 2.73. The molecular formula is C7H5BBrClO3. The molecule has 3 nitrogen and oxygen atoms in total. The topological polar surface area (TPSA) is 57.5 Å². The Balaban J connectivity index is 3.32. The number of benzene rings is 1. The molecule has 1 rings (SSSR count). The van der Waals surface area contributed by atoms with Gasteiger partial charge in [-0.2, -0.15) is 0 Å². The van der Waals surface area contributed by atoms with Crippen molar-refractivity contribution in [2.75, 3.05) is 0 Å². The van der Waals surface area contributed by atoms with Gasteiger partial charge in [0, 0.05) is 10.0 Å². The summed E-state index contributed by atoms with van der Waals surface area (Å²) in [6.07, 6.45) is 0.521. The van der Waals surface area contributed by atoms with Crippen LogP contribution in [-0.4, -0.2) is 23.5 Å². The minimum Gasteiger partial charge on any atom is -0.423 e. The van der Waals surface area contributed by atoms with Crippen molar-refractivity contribution in [1.82, 2.24) is 0 Å². The van der Waals surface area contributed by atoms with Crippen LogP contribution in [0.15, 0.2) is 16.6 Å². The summed E-state index contributed by atoms with van der Waals surface area (Å²) in [4.78, 5) is 10.5. The van der Waals surface area contributed by atoms with Crippen molar-refractivity contribution in [2.24, 2.45) is 0 Å². The molecule has 0 atom stereocenters. The maximum atomic E-state index is 10.5. The number of carbonyl (C=O) groups is 1. The van der Waals surface area contributed by atoms with Crippen LogP contribution in [0.4, 0.5) is 0 Å². The molecular weight excluding hydrogens is 258 g/mol. The van der Waals surface area contributed by atoms with Crippen molar-refractivity contribution >= 4 is 46.4 Å². The molecule has 1 aromatic carbocycles. The Morgan fingerprint density at radius 3 is 2.54 bits per heavy atom. The molecule has 0 fully saturated rings. The highest BCUT2D eigenvalue weighted by Crippen LogP contribution is 2.21. The monoisotopic (exact) mass is 262 g/mol. The van der Waals surface area contributed by atoms with E-state index in [0.29, 0.717) is 15.8 Å². The number of aldehydes is 1. The maximum absolute atomic E-state index is 10.5. The Morgan fingerprint density at radius 1 is 1.46 bits per heavy atom. The summed E-state index contributed by atoms with van der Waals surface area (Å²) in [5.41, 5.74) is 0.300. The lowest BCUT2D eigenvalue weighted by molar-refractivity contribution is 0.112. The SMILES string of the molecule is O=Cc1cc(Cl)c(Br)cc1B(O)O. The molecule has 2 N–H and O–H groups in total. The predicted molar refractivity (Wildman–Crippen MR) is 54.4 cm³/mol. The Kier molecular flexibility index (Phi) is 3.50. The first-order valence-corrected chi connectivity index (χ1v) is 4.53. The molecule has 0 unspecified atom stereocenters. The first-order chi connectivity index (χ1) is 6.06. The molecule has 0 spiro atoms. The van der Waals surface area contributed by atoms with Crippen LogP contribution in [0.1, 0.15) is 10.4 Å². The van der Waals surface area contributed by atoms with Crippen LogP contribution in [-0.2, 0) is 0 Å². The van der Waals surface area contributed by atoms with E-state index in [-0.39, 0.29) is 11.0 Å². The lowest BCUT2D eigenvalue weighted by atomic mass is 9.77. The standard InChI is InChI=1S/C7H5BBrClO3/c9-6-2-5(8(12)13)4(3-11)1-7(6)10/h1-3,12-13H. The smallest absolute Gasteiger partial charge is 0.423 e. The van der Waals surface area contributed by atoms with Gasteiger partial charge >= 0.3 is 7.12 Å². The highest BCUT2D eigenvalue weighted by atomic mass is 79.9. The summed E-state index contributed by atoms with van der Waals surface area (Å²) in [6, 6.07) is 2.77. The Bertz CT molecular complexity index is 343. The molecule has 0 heterocycles. The van der Waals surface area contributed by atoms with Gasteiger partial charge in [-0.15, -0.1) is 0 Å². The number of hydrogen-bond donors (Lipinski definition) is 2. The summed E-state index contributed by atoms with van der Waals surface area (Å²) in [7, 11) is -1.67. The average molecular weight is 263 g/mol. The first-order valence-electron chi connectivity index (χ1n) is 3.36. The van der Waals surface area contributed by atoms with E-state index in [0.717, 1.165) is 0 Å². The normalized spacial score (nSPS) is 9.85. The van der Waals surface area contributed by atoms with Crippen LogP contribution in [0, 0.1) is 0 Å². The van der Waals surface area contributed by atoms with E-state index >= 15 is 0 Å². The Hall–Kier alpha value is -0.355. The Morgan fingerprint density at radius 2 is 2.08 bits per heavy atom. The van der Waals surface area contributed by atoms with Crippen molar-refractivity contribution < 1.29 is 14.8 Å². The molecule has 0 aliphatic heterocycles. The van der Waals surface area contributed by atoms with Gasteiger partial charge in [-0.05, 0) is 33.5 Å². The minimum absolute atomic E-state index is 0.131. The second-order valence-corrected chi connectivity index (χ2v) is 3.65. The van der Waals surface area contributed by atoms with Crippen LogP contribution in [0.25, 0.3) is 0 Å². The predicted octanol–water partition coefficient (Wildman–Crippen LogP) is 0.595. The van der Waals surface area contributed by atoms with Gasteiger partial charge < -0.3 is 10.0 Å². The van der Waals surface area contributed by atoms with E-state index in [1.54, 1.807) is 0 Å².